The number of hydrogen-bond acceptors (Lipinski definition) is 6. The molecule has 0 N–H and O–H groups in total. The largest absolute Gasteiger partial charge is 0.465 e. The third kappa shape index (κ3) is 0.994. The molecule has 4 rings (SSSR count). The third-order valence-corrected chi connectivity index (χ3v) is 1.44. The van der Waals surface area contributed by atoms with E-state index in [1.807, 2.05) is 0 Å². The molecule has 0 saturated carbocycles. The molecule has 4 aliphatic rings. The van der Waals surface area contributed by atoms with E-state index < -0.39 is 25.2 Å². The minimum absolute atomic E-state index is 1.92. The van der Waals surface area contributed by atoms with E-state index in [1.165, 1.54) is 0 Å². The van der Waals surface area contributed by atoms with Gasteiger partial charge in [0, 0.05) is 0 Å². The zero-order valence-corrected chi connectivity index (χ0v) is 5.66. The van der Waals surface area contributed by atoms with Gasteiger partial charge in [0.25, 0.3) is 6.48 Å². The highest BCUT2D eigenvalue weighted by Gasteiger charge is 2.75. The molecule has 0 aliphatic carbocycles. The van der Waals surface area contributed by atoms with E-state index in [1.54, 1.807) is 0 Å². The van der Waals surface area contributed by atoms with Gasteiger partial charge in [-0.25, -0.2) is 28.4 Å². The molecule has 9 heteroatoms. The molecule has 0 aromatic carbocycles. The second kappa shape index (κ2) is 1.82. The van der Waals surface area contributed by atoms with Crippen LogP contribution < -0.4 is 0 Å². The summed E-state index contributed by atoms with van der Waals surface area (Å²) in [6.07, 6.45) is -10.2. The van der Waals surface area contributed by atoms with Crippen molar-refractivity contribution in [2.45, 2.75) is 25.2 Å². The van der Waals surface area contributed by atoms with Crippen LogP contribution in [0.2, 0.25) is 0 Å². The average molecular weight is 202 g/mol. The maximum atomic E-state index is 13.0. The Morgan fingerprint density at radius 3 is 1.23 bits per heavy atom. The van der Waals surface area contributed by atoms with Crippen LogP contribution in [0.4, 0.5) is 13.2 Å². The predicted octanol–water partition coefficient (Wildman–Crippen LogP) is 0.153. The smallest absolute Gasteiger partial charge is 0.243 e. The molecular formula is C4HF3O6. The van der Waals surface area contributed by atoms with Crippen molar-refractivity contribution in [3.05, 3.63) is 0 Å². The first-order chi connectivity index (χ1) is 5.91. The lowest BCUT2D eigenvalue weighted by Crippen LogP contribution is -2.72. The molecule has 0 spiro atoms. The maximum Gasteiger partial charge on any atom is 0.465 e. The quantitative estimate of drug-likeness (QED) is 0.557. The van der Waals surface area contributed by atoms with Crippen molar-refractivity contribution in [1.82, 2.24) is 0 Å². The summed E-state index contributed by atoms with van der Waals surface area (Å²) in [6, 6.07) is 0. The van der Waals surface area contributed by atoms with Crippen molar-refractivity contribution < 1.29 is 41.6 Å². The lowest BCUT2D eigenvalue weighted by molar-refractivity contribution is -0.820. The fourth-order valence-corrected chi connectivity index (χ4v) is 1.06. The standard InChI is InChI=1S/C4HF3O6/c5-2-8-1-9-3(6,11-2)13-4(7,10-1)12-2/h1H. The van der Waals surface area contributed by atoms with Crippen molar-refractivity contribution in [2.75, 3.05) is 0 Å². The molecule has 0 amide bonds. The number of ether oxygens (including phenoxy) is 6. The molecule has 4 fully saturated rings. The fourth-order valence-electron chi connectivity index (χ4n) is 1.06. The lowest BCUT2D eigenvalue weighted by Gasteiger charge is -2.52. The van der Waals surface area contributed by atoms with Crippen LogP contribution in [0.25, 0.3) is 0 Å². The van der Waals surface area contributed by atoms with Gasteiger partial charge in [-0.1, -0.05) is 0 Å². The first kappa shape index (κ1) is 7.91. The molecule has 13 heavy (non-hydrogen) atoms. The molecule has 0 aromatic rings. The van der Waals surface area contributed by atoms with Crippen LogP contribution in [0.15, 0.2) is 0 Å². The lowest BCUT2D eigenvalue weighted by atomic mass is 10.8. The summed E-state index contributed by atoms with van der Waals surface area (Å²) in [5.74, 6) is 0. The molecule has 4 bridgehead atoms. The number of halogens is 3. The molecule has 0 aromatic heterocycles. The highest BCUT2D eigenvalue weighted by atomic mass is 19.2. The normalized spacial score (nSPS) is 64.4. The van der Waals surface area contributed by atoms with Gasteiger partial charge >= 0.3 is 18.7 Å². The fraction of sp³-hybridized carbons (Fsp3) is 1.00. The predicted molar refractivity (Wildman–Crippen MR) is 21.8 cm³/mol. The second-order valence-corrected chi connectivity index (χ2v) is 2.39. The number of alkyl halides is 3. The van der Waals surface area contributed by atoms with Crippen molar-refractivity contribution >= 4 is 0 Å². The topological polar surface area (TPSA) is 55.4 Å². The highest BCUT2D eigenvalue weighted by molar-refractivity contribution is 4.65. The van der Waals surface area contributed by atoms with Crippen LogP contribution in [0.1, 0.15) is 0 Å². The minimum Gasteiger partial charge on any atom is -0.243 e. The summed E-state index contributed by atoms with van der Waals surface area (Å²) < 4.78 is 62.2. The molecular weight excluding hydrogens is 201 g/mol. The first-order valence-corrected chi connectivity index (χ1v) is 3.11. The second-order valence-electron chi connectivity index (χ2n) is 2.39. The maximum absolute atomic E-state index is 13.0. The molecule has 0 unspecified atom stereocenters. The Morgan fingerprint density at radius 2 is 1.00 bits per heavy atom. The Kier molecular flexibility index (Phi) is 1.11. The van der Waals surface area contributed by atoms with Gasteiger partial charge in [-0.2, -0.15) is 13.2 Å². The van der Waals surface area contributed by atoms with Crippen LogP contribution in [-0.2, 0) is 28.4 Å². The molecule has 4 aliphatic heterocycles. The van der Waals surface area contributed by atoms with Gasteiger partial charge in [0.15, 0.2) is 0 Å². The first-order valence-electron chi connectivity index (χ1n) is 3.11. The Hall–Kier alpha value is -0.450. The van der Waals surface area contributed by atoms with Gasteiger partial charge in [0.2, 0.25) is 0 Å². The molecule has 0 atom stereocenters. The summed E-state index contributed by atoms with van der Waals surface area (Å²) in [6.45, 7) is -1.92. The Labute approximate surface area is 68.0 Å². The Morgan fingerprint density at radius 1 is 0.692 bits per heavy atom. The SMILES string of the molecule is FC12OC3OC(F)(O1)OC(F)(O3)O2. The van der Waals surface area contributed by atoms with Gasteiger partial charge < -0.3 is 0 Å². The van der Waals surface area contributed by atoms with Crippen molar-refractivity contribution in [2.24, 2.45) is 0 Å². The van der Waals surface area contributed by atoms with Crippen molar-refractivity contribution in [3.63, 3.8) is 0 Å². The minimum atomic E-state index is -3.40. The monoisotopic (exact) mass is 202 g/mol. The summed E-state index contributed by atoms with van der Waals surface area (Å²) in [5, 5.41) is 0. The van der Waals surface area contributed by atoms with Gasteiger partial charge in [-0.15, -0.1) is 0 Å². The van der Waals surface area contributed by atoms with Gasteiger partial charge in [-0.05, 0) is 0 Å². The van der Waals surface area contributed by atoms with Crippen LogP contribution >= 0.6 is 0 Å². The van der Waals surface area contributed by atoms with Crippen LogP contribution in [0.3, 0.4) is 0 Å². The molecule has 0 radical (unpaired) electrons. The Bertz CT molecular complexity index is 222. The zero-order valence-electron chi connectivity index (χ0n) is 5.66. The van der Waals surface area contributed by atoms with Crippen molar-refractivity contribution in [1.29, 1.82) is 0 Å². The van der Waals surface area contributed by atoms with Crippen LogP contribution in [0.5, 0.6) is 0 Å². The number of hydrogen-bond donors (Lipinski definition) is 0. The summed E-state index contributed by atoms with van der Waals surface area (Å²) in [4.78, 5) is 0. The number of rotatable bonds is 0. The van der Waals surface area contributed by atoms with Crippen LogP contribution in [0, 0.1) is 0 Å². The van der Waals surface area contributed by atoms with E-state index in [2.05, 4.69) is 28.4 Å². The van der Waals surface area contributed by atoms with E-state index in [0.717, 1.165) is 0 Å². The van der Waals surface area contributed by atoms with E-state index in [-0.39, 0.29) is 0 Å². The average Bonchev–Trinajstić information content (AvgIpc) is 1.71. The van der Waals surface area contributed by atoms with E-state index >= 15 is 0 Å². The van der Waals surface area contributed by atoms with Gasteiger partial charge in [-0.3, -0.25) is 0 Å². The molecule has 4 heterocycles. The zero-order chi connectivity index (χ0) is 9.32. The van der Waals surface area contributed by atoms with E-state index in [0.29, 0.717) is 0 Å². The molecule has 4 saturated heterocycles. The Balaban J connectivity index is 2.03. The molecule has 74 valence electrons. The third-order valence-electron chi connectivity index (χ3n) is 1.44. The van der Waals surface area contributed by atoms with Crippen molar-refractivity contribution in [3.8, 4) is 0 Å². The van der Waals surface area contributed by atoms with Gasteiger partial charge in [0.05, 0.1) is 0 Å². The summed E-state index contributed by atoms with van der Waals surface area (Å²) >= 11 is 0. The van der Waals surface area contributed by atoms with E-state index in [4.69, 9.17) is 0 Å². The highest BCUT2D eigenvalue weighted by Crippen LogP contribution is 2.52. The van der Waals surface area contributed by atoms with Gasteiger partial charge in [0.1, 0.15) is 0 Å². The summed E-state index contributed by atoms with van der Waals surface area (Å²) in [7, 11) is 0. The molecule has 6 nitrogen and oxygen atoms in total. The van der Waals surface area contributed by atoms with E-state index in [9.17, 15) is 13.2 Å². The van der Waals surface area contributed by atoms with Crippen LogP contribution in [-0.4, -0.2) is 25.2 Å². The summed E-state index contributed by atoms with van der Waals surface area (Å²) in [5.41, 5.74) is 0.